The minimum atomic E-state index is -4.55. The fraction of sp³-hybridized carbons (Fsp3) is 0.667. The maximum Gasteiger partial charge on any atom is 0.433 e. The number of rotatable bonds is 6. The van der Waals surface area contributed by atoms with Crippen LogP contribution >= 0.6 is 0 Å². The third-order valence-corrected chi connectivity index (χ3v) is 2.91. The van der Waals surface area contributed by atoms with Gasteiger partial charge in [-0.2, -0.15) is 18.2 Å². The van der Waals surface area contributed by atoms with E-state index in [1.54, 1.807) is 13.8 Å². The third kappa shape index (κ3) is 4.22. The maximum atomic E-state index is 12.8. The molecule has 0 saturated heterocycles. The lowest BCUT2D eigenvalue weighted by molar-refractivity contribution is -0.141. The van der Waals surface area contributed by atoms with E-state index >= 15 is 0 Å². The van der Waals surface area contributed by atoms with Gasteiger partial charge in [0.25, 0.3) is 0 Å². The fourth-order valence-electron chi connectivity index (χ4n) is 1.44. The Labute approximate surface area is 115 Å². The monoisotopic (exact) mass is 292 g/mol. The van der Waals surface area contributed by atoms with Crippen molar-refractivity contribution in [2.45, 2.75) is 38.9 Å². The lowest BCUT2D eigenvalue weighted by atomic mass is 10.0. The summed E-state index contributed by atoms with van der Waals surface area (Å²) in [5.74, 6) is -0.0668. The van der Waals surface area contributed by atoms with Crippen LogP contribution in [0, 0.1) is 0 Å². The highest BCUT2D eigenvalue weighted by Gasteiger charge is 2.34. The van der Waals surface area contributed by atoms with Crippen molar-refractivity contribution in [3.8, 4) is 0 Å². The van der Waals surface area contributed by atoms with Crippen LogP contribution < -0.4 is 10.6 Å². The van der Waals surface area contributed by atoms with Crippen molar-refractivity contribution in [1.29, 1.82) is 0 Å². The summed E-state index contributed by atoms with van der Waals surface area (Å²) in [7, 11) is 0. The number of aliphatic hydroxyl groups is 1. The zero-order chi connectivity index (χ0) is 15.4. The molecule has 0 aliphatic carbocycles. The Morgan fingerprint density at radius 3 is 2.35 bits per heavy atom. The van der Waals surface area contributed by atoms with Gasteiger partial charge in [0.2, 0.25) is 5.95 Å². The van der Waals surface area contributed by atoms with Gasteiger partial charge in [0, 0.05) is 12.6 Å². The van der Waals surface area contributed by atoms with E-state index in [-0.39, 0.29) is 18.4 Å². The molecule has 0 aliphatic heterocycles. The molecule has 1 aromatic rings. The number of hydrogen-bond acceptors (Lipinski definition) is 5. The minimum absolute atomic E-state index is 0.0293. The molecule has 0 radical (unpaired) electrons. The van der Waals surface area contributed by atoms with Crippen LogP contribution in [0.3, 0.4) is 0 Å². The summed E-state index contributed by atoms with van der Waals surface area (Å²) in [5.41, 5.74) is -1.76. The molecule has 1 atom stereocenters. The first-order valence-electron chi connectivity index (χ1n) is 6.33. The molecule has 3 N–H and O–H groups in total. The number of halogens is 3. The first-order chi connectivity index (χ1) is 9.24. The van der Waals surface area contributed by atoms with Crippen LogP contribution in [0.15, 0.2) is 6.07 Å². The number of nitrogens with zero attached hydrogens (tertiary/aromatic N) is 2. The summed E-state index contributed by atoms with van der Waals surface area (Å²) in [4.78, 5) is 7.40. The third-order valence-electron chi connectivity index (χ3n) is 2.91. The van der Waals surface area contributed by atoms with Gasteiger partial charge in [0.05, 0.1) is 12.1 Å². The van der Waals surface area contributed by atoms with E-state index < -0.39 is 17.4 Å². The molecule has 0 spiro atoms. The van der Waals surface area contributed by atoms with Gasteiger partial charge >= 0.3 is 6.18 Å². The molecule has 0 aliphatic rings. The molecular weight excluding hydrogens is 273 g/mol. The average Bonchev–Trinajstić information content (AvgIpc) is 2.37. The Balaban J connectivity index is 3.15. The van der Waals surface area contributed by atoms with Gasteiger partial charge in [-0.1, -0.05) is 6.92 Å². The molecule has 1 aromatic heterocycles. The van der Waals surface area contributed by atoms with Gasteiger partial charge in [-0.15, -0.1) is 0 Å². The summed E-state index contributed by atoms with van der Waals surface area (Å²) in [6, 6.07) is 0.838. The summed E-state index contributed by atoms with van der Waals surface area (Å²) in [6.45, 7) is 5.45. The van der Waals surface area contributed by atoms with Crippen molar-refractivity contribution in [2.75, 3.05) is 23.8 Å². The van der Waals surface area contributed by atoms with Crippen LogP contribution in [-0.2, 0) is 6.18 Å². The lowest BCUT2D eigenvalue weighted by Gasteiger charge is -2.28. The molecule has 1 rings (SSSR count). The molecule has 5 nitrogen and oxygen atoms in total. The SMILES string of the molecule is CCNc1nc(NC(C)(CC)CO)cc(C(F)(F)F)n1. The zero-order valence-corrected chi connectivity index (χ0v) is 11.7. The number of aromatic nitrogens is 2. The molecule has 1 heterocycles. The molecule has 1 unspecified atom stereocenters. The molecular formula is C12H19F3N4O. The Morgan fingerprint density at radius 2 is 1.90 bits per heavy atom. The predicted molar refractivity (Wildman–Crippen MR) is 70.6 cm³/mol. The highest BCUT2D eigenvalue weighted by atomic mass is 19.4. The van der Waals surface area contributed by atoms with Gasteiger partial charge < -0.3 is 15.7 Å². The zero-order valence-electron chi connectivity index (χ0n) is 11.7. The second-order valence-electron chi connectivity index (χ2n) is 4.69. The lowest BCUT2D eigenvalue weighted by Crippen LogP contribution is -2.38. The summed E-state index contributed by atoms with van der Waals surface area (Å²) >= 11 is 0. The molecule has 114 valence electrons. The number of alkyl halides is 3. The first kappa shape index (κ1) is 16.5. The maximum absolute atomic E-state index is 12.8. The van der Waals surface area contributed by atoms with E-state index in [1.807, 2.05) is 6.92 Å². The molecule has 8 heteroatoms. The first-order valence-corrected chi connectivity index (χ1v) is 6.33. The van der Waals surface area contributed by atoms with Gasteiger partial charge in [0.1, 0.15) is 5.82 Å². The van der Waals surface area contributed by atoms with Crippen molar-refractivity contribution >= 4 is 11.8 Å². The van der Waals surface area contributed by atoms with Gasteiger partial charge in [-0.3, -0.25) is 0 Å². The van der Waals surface area contributed by atoms with Crippen LogP contribution in [-0.4, -0.2) is 33.8 Å². The number of nitrogens with one attached hydrogen (secondary N) is 2. The quantitative estimate of drug-likeness (QED) is 0.751. The van der Waals surface area contributed by atoms with E-state index in [0.717, 1.165) is 6.07 Å². The van der Waals surface area contributed by atoms with Crippen molar-refractivity contribution in [2.24, 2.45) is 0 Å². The second kappa shape index (κ2) is 6.25. The van der Waals surface area contributed by atoms with Crippen molar-refractivity contribution in [3.05, 3.63) is 11.8 Å². The smallest absolute Gasteiger partial charge is 0.394 e. The minimum Gasteiger partial charge on any atom is -0.394 e. The molecule has 0 fully saturated rings. The largest absolute Gasteiger partial charge is 0.433 e. The Hall–Kier alpha value is -1.57. The summed E-state index contributed by atoms with van der Waals surface area (Å²) in [6.07, 6.45) is -4.02. The van der Waals surface area contributed by atoms with Crippen molar-refractivity contribution in [1.82, 2.24) is 9.97 Å². The molecule has 0 amide bonds. The highest BCUT2D eigenvalue weighted by molar-refractivity contribution is 5.45. The van der Waals surface area contributed by atoms with E-state index in [2.05, 4.69) is 20.6 Å². The average molecular weight is 292 g/mol. The molecule has 0 aromatic carbocycles. The van der Waals surface area contributed by atoms with Gasteiger partial charge in [-0.25, -0.2) is 4.98 Å². The van der Waals surface area contributed by atoms with E-state index in [0.29, 0.717) is 13.0 Å². The number of aliphatic hydroxyl groups excluding tert-OH is 1. The Bertz CT molecular complexity index is 447. The van der Waals surface area contributed by atoms with Crippen molar-refractivity contribution < 1.29 is 18.3 Å². The van der Waals surface area contributed by atoms with Crippen LogP contribution in [0.4, 0.5) is 24.9 Å². The Morgan fingerprint density at radius 1 is 1.25 bits per heavy atom. The van der Waals surface area contributed by atoms with E-state index in [1.165, 1.54) is 0 Å². The van der Waals surface area contributed by atoms with Crippen LogP contribution in [0.1, 0.15) is 32.9 Å². The summed E-state index contributed by atoms with van der Waals surface area (Å²) in [5, 5.41) is 14.8. The van der Waals surface area contributed by atoms with Crippen LogP contribution in [0.5, 0.6) is 0 Å². The van der Waals surface area contributed by atoms with E-state index in [9.17, 15) is 18.3 Å². The topological polar surface area (TPSA) is 70.1 Å². The second-order valence-corrected chi connectivity index (χ2v) is 4.69. The van der Waals surface area contributed by atoms with Crippen molar-refractivity contribution in [3.63, 3.8) is 0 Å². The van der Waals surface area contributed by atoms with Crippen LogP contribution in [0.25, 0.3) is 0 Å². The summed E-state index contributed by atoms with van der Waals surface area (Å²) < 4.78 is 38.4. The Kier molecular flexibility index (Phi) is 5.15. The predicted octanol–water partition coefficient (Wildman–Crippen LogP) is 2.50. The molecule has 0 bridgehead atoms. The molecule has 20 heavy (non-hydrogen) atoms. The standard InChI is InChI=1S/C12H19F3N4O/c1-4-11(3,7-20)19-9-6-8(12(13,14)15)17-10(18-9)16-5-2/h6,20H,4-5,7H2,1-3H3,(H2,16,17,18,19). The number of anilines is 2. The number of hydrogen-bond donors (Lipinski definition) is 3. The highest BCUT2D eigenvalue weighted by Crippen LogP contribution is 2.30. The van der Waals surface area contributed by atoms with E-state index in [4.69, 9.17) is 0 Å². The van der Waals surface area contributed by atoms with Gasteiger partial charge in [0.15, 0.2) is 5.69 Å². The van der Waals surface area contributed by atoms with Crippen LogP contribution in [0.2, 0.25) is 0 Å². The normalized spacial score (nSPS) is 14.8. The fourth-order valence-corrected chi connectivity index (χ4v) is 1.44. The molecule has 0 saturated carbocycles. The van der Waals surface area contributed by atoms with Gasteiger partial charge in [-0.05, 0) is 20.3 Å².